The number of rotatable bonds is 3. The van der Waals surface area contributed by atoms with E-state index in [1.54, 1.807) is 6.07 Å². The maximum atomic E-state index is 13.2. The lowest BCUT2D eigenvalue weighted by molar-refractivity contribution is -0.138. The Labute approximate surface area is 119 Å². The van der Waals surface area contributed by atoms with Crippen molar-refractivity contribution in [1.82, 2.24) is 4.98 Å². The first-order valence-electron chi connectivity index (χ1n) is 6.30. The standard InChI is InChI=1S/C14H13FN2O2S/c1-7-2-3-8(15)6-10(7)16-14-17-12-9(13(18)19)4-5-11(12)20-14/h2-3,6,9H,4-5H2,1H3,(H,16,17)(H,18,19). The van der Waals surface area contributed by atoms with Gasteiger partial charge in [-0.2, -0.15) is 0 Å². The molecular formula is C14H13FN2O2S. The first-order valence-corrected chi connectivity index (χ1v) is 7.12. The van der Waals surface area contributed by atoms with Gasteiger partial charge in [0.2, 0.25) is 0 Å². The molecule has 1 aliphatic carbocycles. The van der Waals surface area contributed by atoms with Gasteiger partial charge in [-0.25, -0.2) is 9.37 Å². The monoisotopic (exact) mass is 292 g/mol. The molecular weight excluding hydrogens is 279 g/mol. The summed E-state index contributed by atoms with van der Waals surface area (Å²) in [6.07, 6.45) is 1.36. The zero-order chi connectivity index (χ0) is 14.3. The summed E-state index contributed by atoms with van der Waals surface area (Å²) in [6, 6.07) is 4.51. The number of carbonyl (C=O) groups is 1. The second-order valence-corrected chi connectivity index (χ2v) is 5.92. The number of hydrogen-bond acceptors (Lipinski definition) is 4. The highest BCUT2D eigenvalue weighted by molar-refractivity contribution is 7.15. The molecule has 1 heterocycles. The number of halogens is 1. The largest absolute Gasteiger partial charge is 0.481 e. The normalized spacial score (nSPS) is 17.0. The van der Waals surface area contributed by atoms with Crippen LogP contribution >= 0.6 is 11.3 Å². The Balaban J connectivity index is 1.88. The number of aromatic nitrogens is 1. The zero-order valence-electron chi connectivity index (χ0n) is 10.8. The number of benzene rings is 1. The summed E-state index contributed by atoms with van der Waals surface area (Å²) in [5, 5.41) is 12.8. The molecule has 0 bridgehead atoms. The Morgan fingerprint density at radius 1 is 1.55 bits per heavy atom. The van der Waals surface area contributed by atoms with E-state index in [1.165, 1.54) is 23.5 Å². The molecule has 104 valence electrons. The van der Waals surface area contributed by atoms with Gasteiger partial charge < -0.3 is 10.4 Å². The van der Waals surface area contributed by atoms with E-state index in [9.17, 15) is 9.18 Å². The highest BCUT2D eigenvalue weighted by atomic mass is 32.1. The fourth-order valence-electron chi connectivity index (χ4n) is 2.37. The summed E-state index contributed by atoms with van der Waals surface area (Å²) in [7, 11) is 0. The van der Waals surface area contributed by atoms with Crippen molar-refractivity contribution in [3.05, 3.63) is 40.2 Å². The molecule has 0 radical (unpaired) electrons. The Morgan fingerprint density at radius 3 is 3.10 bits per heavy atom. The number of anilines is 2. The van der Waals surface area contributed by atoms with Crippen LogP contribution in [0.2, 0.25) is 0 Å². The lowest BCUT2D eigenvalue weighted by Gasteiger charge is -2.07. The Morgan fingerprint density at radius 2 is 2.35 bits per heavy atom. The molecule has 0 saturated carbocycles. The maximum absolute atomic E-state index is 13.2. The molecule has 0 saturated heterocycles. The smallest absolute Gasteiger partial charge is 0.312 e. The first-order chi connectivity index (χ1) is 9.54. The van der Waals surface area contributed by atoms with Crippen molar-refractivity contribution in [2.75, 3.05) is 5.32 Å². The van der Waals surface area contributed by atoms with Crippen LogP contribution in [0.4, 0.5) is 15.2 Å². The first kappa shape index (κ1) is 13.1. The van der Waals surface area contributed by atoms with Crippen molar-refractivity contribution in [1.29, 1.82) is 0 Å². The van der Waals surface area contributed by atoms with Gasteiger partial charge in [-0.15, -0.1) is 11.3 Å². The summed E-state index contributed by atoms with van der Waals surface area (Å²) in [5.41, 5.74) is 2.22. The van der Waals surface area contributed by atoms with E-state index in [1.807, 2.05) is 6.92 Å². The summed E-state index contributed by atoms with van der Waals surface area (Å²) in [5.74, 6) is -1.65. The number of nitrogens with zero attached hydrogens (tertiary/aromatic N) is 1. The number of carboxylic acid groups (broad SMARTS) is 1. The van der Waals surface area contributed by atoms with Crippen molar-refractivity contribution in [3.8, 4) is 0 Å². The number of thiazole rings is 1. The minimum absolute atomic E-state index is 0.314. The number of aliphatic carboxylic acids is 1. The van der Waals surface area contributed by atoms with Crippen LogP contribution in [0.1, 0.15) is 28.5 Å². The number of carboxylic acids is 1. The van der Waals surface area contributed by atoms with Gasteiger partial charge in [-0.3, -0.25) is 4.79 Å². The molecule has 20 heavy (non-hydrogen) atoms. The molecule has 1 aromatic carbocycles. The fourth-order valence-corrected chi connectivity index (χ4v) is 3.42. The average Bonchev–Trinajstić information content (AvgIpc) is 2.92. The highest BCUT2D eigenvalue weighted by Gasteiger charge is 2.32. The third-order valence-corrected chi connectivity index (χ3v) is 4.50. The number of fused-ring (bicyclic) bond motifs is 1. The van der Waals surface area contributed by atoms with E-state index in [-0.39, 0.29) is 5.82 Å². The van der Waals surface area contributed by atoms with Crippen LogP contribution in [0.3, 0.4) is 0 Å². The zero-order valence-corrected chi connectivity index (χ0v) is 11.6. The van der Waals surface area contributed by atoms with Gasteiger partial charge >= 0.3 is 5.97 Å². The summed E-state index contributed by atoms with van der Waals surface area (Å²) >= 11 is 1.44. The summed E-state index contributed by atoms with van der Waals surface area (Å²) in [4.78, 5) is 16.5. The molecule has 2 N–H and O–H groups in total. The van der Waals surface area contributed by atoms with Crippen LogP contribution < -0.4 is 5.32 Å². The molecule has 1 aliphatic rings. The van der Waals surface area contributed by atoms with Gasteiger partial charge in [0, 0.05) is 10.6 Å². The molecule has 1 atom stereocenters. The van der Waals surface area contributed by atoms with E-state index in [0.29, 0.717) is 22.9 Å². The Bertz CT molecular complexity index is 684. The quantitative estimate of drug-likeness (QED) is 0.909. The molecule has 0 spiro atoms. The van der Waals surface area contributed by atoms with Gasteiger partial charge in [0.15, 0.2) is 5.13 Å². The van der Waals surface area contributed by atoms with E-state index in [2.05, 4.69) is 10.3 Å². The van der Waals surface area contributed by atoms with Gasteiger partial charge in [0.1, 0.15) is 11.7 Å². The predicted octanol–water partition coefficient (Wildman–Crippen LogP) is 3.45. The second kappa shape index (κ2) is 4.86. The molecule has 0 amide bonds. The number of hydrogen-bond donors (Lipinski definition) is 2. The van der Waals surface area contributed by atoms with Crippen molar-refractivity contribution < 1.29 is 14.3 Å². The van der Waals surface area contributed by atoms with Gasteiger partial charge in [0.25, 0.3) is 0 Å². The van der Waals surface area contributed by atoms with E-state index >= 15 is 0 Å². The van der Waals surface area contributed by atoms with Gasteiger partial charge in [0.05, 0.1) is 5.69 Å². The molecule has 1 unspecified atom stereocenters. The molecule has 6 heteroatoms. The Kier molecular flexibility index (Phi) is 3.17. The van der Waals surface area contributed by atoms with Crippen molar-refractivity contribution >= 4 is 28.1 Å². The fraction of sp³-hybridized carbons (Fsp3) is 0.286. The molecule has 2 aromatic rings. The van der Waals surface area contributed by atoms with Gasteiger partial charge in [-0.05, 0) is 37.5 Å². The van der Waals surface area contributed by atoms with Crippen molar-refractivity contribution in [2.45, 2.75) is 25.7 Å². The highest BCUT2D eigenvalue weighted by Crippen LogP contribution is 2.39. The number of aryl methyl sites for hydroxylation is 2. The van der Waals surface area contributed by atoms with Crippen LogP contribution in [0, 0.1) is 12.7 Å². The lowest BCUT2D eigenvalue weighted by atomic mass is 10.1. The minimum atomic E-state index is -0.831. The predicted molar refractivity (Wildman–Crippen MR) is 75.2 cm³/mol. The third kappa shape index (κ3) is 2.27. The van der Waals surface area contributed by atoms with E-state index in [4.69, 9.17) is 5.11 Å². The average molecular weight is 292 g/mol. The van der Waals surface area contributed by atoms with Crippen LogP contribution in [-0.2, 0) is 11.2 Å². The summed E-state index contributed by atoms with van der Waals surface area (Å²) < 4.78 is 13.2. The molecule has 0 fully saturated rings. The molecule has 0 aliphatic heterocycles. The van der Waals surface area contributed by atoms with Crippen LogP contribution in [0.15, 0.2) is 18.2 Å². The van der Waals surface area contributed by atoms with Crippen molar-refractivity contribution in [2.24, 2.45) is 0 Å². The van der Waals surface area contributed by atoms with Crippen molar-refractivity contribution in [3.63, 3.8) is 0 Å². The van der Waals surface area contributed by atoms with E-state index in [0.717, 1.165) is 16.9 Å². The second-order valence-electron chi connectivity index (χ2n) is 4.84. The minimum Gasteiger partial charge on any atom is -0.481 e. The van der Waals surface area contributed by atoms with E-state index < -0.39 is 11.9 Å². The summed E-state index contributed by atoms with van der Waals surface area (Å²) in [6.45, 7) is 1.88. The topological polar surface area (TPSA) is 62.2 Å². The molecule has 4 nitrogen and oxygen atoms in total. The van der Waals surface area contributed by atoms with Gasteiger partial charge in [-0.1, -0.05) is 6.07 Å². The molecule has 1 aromatic heterocycles. The Hall–Kier alpha value is -1.95. The maximum Gasteiger partial charge on any atom is 0.312 e. The third-order valence-electron chi connectivity index (χ3n) is 3.46. The van der Waals surface area contributed by atoms with Crippen LogP contribution in [-0.4, -0.2) is 16.1 Å². The lowest BCUT2D eigenvalue weighted by Crippen LogP contribution is -2.08. The SMILES string of the molecule is Cc1ccc(F)cc1Nc1nc2c(s1)CCC2C(=O)O. The molecule has 3 rings (SSSR count). The number of nitrogens with one attached hydrogen (secondary N) is 1. The van der Waals surface area contributed by atoms with Crippen LogP contribution in [0.5, 0.6) is 0 Å². The van der Waals surface area contributed by atoms with Crippen LogP contribution in [0.25, 0.3) is 0 Å².